The van der Waals surface area contributed by atoms with Crippen LogP contribution in [0.3, 0.4) is 0 Å². The van der Waals surface area contributed by atoms with E-state index in [1.807, 2.05) is 0 Å². The van der Waals surface area contributed by atoms with Crippen molar-refractivity contribution in [1.82, 2.24) is 15.1 Å². The zero-order valence-electron chi connectivity index (χ0n) is 11.7. The van der Waals surface area contributed by atoms with E-state index in [9.17, 15) is 0 Å². The number of hydrogen-bond donors (Lipinski definition) is 1. The van der Waals surface area contributed by atoms with Crippen molar-refractivity contribution < 1.29 is 0 Å². The zero-order chi connectivity index (χ0) is 12.1. The third-order valence-electron chi connectivity index (χ3n) is 3.52. The number of nitrogens with one attached hydrogen (secondary N) is 1. The van der Waals surface area contributed by atoms with Crippen LogP contribution in [0.4, 0.5) is 0 Å². The lowest BCUT2D eigenvalue weighted by Crippen LogP contribution is -2.43. The molecule has 96 valence electrons. The summed E-state index contributed by atoms with van der Waals surface area (Å²) >= 11 is 0. The van der Waals surface area contributed by atoms with E-state index in [4.69, 9.17) is 0 Å². The predicted octanol–water partition coefficient (Wildman–Crippen LogP) is 1.40. The summed E-state index contributed by atoms with van der Waals surface area (Å²) in [6.45, 7) is 13.9. The SMILES string of the molecule is CC(C)N(CCNC1CCN(C)C1)C(C)C. The normalized spacial score (nSPS) is 22.9. The smallest absolute Gasteiger partial charge is 0.0207 e. The monoisotopic (exact) mass is 227 g/mol. The van der Waals surface area contributed by atoms with Crippen LogP contribution >= 0.6 is 0 Å². The second-order valence-electron chi connectivity index (χ2n) is 5.63. The standard InChI is InChI=1S/C13H29N3/c1-11(2)16(12(3)4)9-7-14-13-6-8-15(5)10-13/h11-14H,6-10H2,1-5H3. The molecule has 0 aromatic carbocycles. The van der Waals surface area contributed by atoms with Gasteiger partial charge in [-0.1, -0.05) is 0 Å². The molecule has 0 saturated carbocycles. The Balaban J connectivity index is 2.18. The van der Waals surface area contributed by atoms with Crippen molar-refractivity contribution >= 4 is 0 Å². The molecule has 0 amide bonds. The van der Waals surface area contributed by atoms with Crippen molar-refractivity contribution in [2.75, 3.05) is 33.2 Å². The van der Waals surface area contributed by atoms with Crippen molar-refractivity contribution in [1.29, 1.82) is 0 Å². The van der Waals surface area contributed by atoms with Gasteiger partial charge in [-0.05, 0) is 47.7 Å². The van der Waals surface area contributed by atoms with E-state index >= 15 is 0 Å². The molecule has 0 radical (unpaired) electrons. The molecule has 3 nitrogen and oxygen atoms in total. The highest BCUT2D eigenvalue weighted by molar-refractivity contribution is 4.79. The van der Waals surface area contributed by atoms with Gasteiger partial charge in [-0.3, -0.25) is 4.90 Å². The first-order valence-corrected chi connectivity index (χ1v) is 6.68. The molecular weight excluding hydrogens is 198 g/mol. The van der Waals surface area contributed by atoms with Crippen LogP contribution in [0.5, 0.6) is 0 Å². The minimum Gasteiger partial charge on any atom is -0.311 e. The fourth-order valence-electron chi connectivity index (χ4n) is 2.61. The zero-order valence-corrected chi connectivity index (χ0v) is 11.7. The van der Waals surface area contributed by atoms with Crippen molar-refractivity contribution in [2.24, 2.45) is 0 Å². The van der Waals surface area contributed by atoms with Gasteiger partial charge in [0.05, 0.1) is 0 Å². The van der Waals surface area contributed by atoms with Crippen LogP contribution in [0.15, 0.2) is 0 Å². The van der Waals surface area contributed by atoms with Crippen LogP contribution in [0.25, 0.3) is 0 Å². The molecule has 1 saturated heterocycles. The van der Waals surface area contributed by atoms with Crippen molar-refractivity contribution in [3.8, 4) is 0 Å². The Kier molecular flexibility index (Phi) is 5.73. The van der Waals surface area contributed by atoms with Gasteiger partial charge in [-0.2, -0.15) is 0 Å². The van der Waals surface area contributed by atoms with Crippen LogP contribution in [-0.4, -0.2) is 61.2 Å². The number of likely N-dealkylation sites (tertiary alicyclic amines) is 1. The Morgan fingerprint density at radius 2 is 1.88 bits per heavy atom. The molecule has 16 heavy (non-hydrogen) atoms. The summed E-state index contributed by atoms with van der Waals surface area (Å²) in [4.78, 5) is 4.95. The molecule has 0 aromatic heterocycles. The van der Waals surface area contributed by atoms with E-state index in [0.29, 0.717) is 18.1 Å². The van der Waals surface area contributed by atoms with Crippen LogP contribution in [0.2, 0.25) is 0 Å². The number of likely N-dealkylation sites (N-methyl/N-ethyl adjacent to an activating group) is 1. The average Bonchev–Trinajstić information content (AvgIpc) is 2.57. The molecule has 1 rings (SSSR count). The molecule has 0 aromatic rings. The molecule has 0 aliphatic carbocycles. The van der Waals surface area contributed by atoms with Crippen molar-refractivity contribution in [3.63, 3.8) is 0 Å². The Labute approximate surface area is 101 Å². The lowest BCUT2D eigenvalue weighted by Gasteiger charge is -2.31. The molecule has 1 N–H and O–H groups in total. The van der Waals surface area contributed by atoms with E-state index in [0.717, 1.165) is 13.1 Å². The van der Waals surface area contributed by atoms with Gasteiger partial charge in [0.25, 0.3) is 0 Å². The Morgan fingerprint density at radius 1 is 1.25 bits per heavy atom. The van der Waals surface area contributed by atoms with E-state index in [1.54, 1.807) is 0 Å². The van der Waals surface area contributed by atoms with Crippen LogP contribution < -0.4 is 5.32 Å². The maximum atomic E-state index is 3.67. The molecule has 1 aliphatic rings. The average molecular weight is 227 g/mol. The second-order valence-corrected chi connectivity index (χ2v) is 5.63. The maximum absolute atomic E-state index is 3.67. The Morgan fingerprint density at radius 3 is 2.31 bits per heavy atom. The fourth-order valence-corrected chi connectivity index (χ4v) is 2.61. The van der Waals surface area contributed by atoms with E-state index in [1.165, 1.54) is 19.5 Å². The van der Waals surface area contributed by atoms with Gasteiger partial charge in [0.2, 0.25) is 0 Å². The first-order chi connectivity index (χ1) is 7.50. The lowest BCUT2D eigenvalue weighted by molar-refractivity contribution is 0.174. The summed E-state index contributed by atoms with van der Waals surface area (Å²) in [6.07, 6.45) is 1.31. The number of nitrogens with zero attached hydrogens (tertiary/aromatic N) is 2. The van der Waals surface area contributed by atoms with Gasteiger partial charge in [-0.15, -0.1) is 0 Å². The summed E-state index contributed by atoms with van der Waals surface area (Å²) in [5, 5.41) is 3.67. The third kappa shape index (κ3) is 4.40. The molecular formula is C13H29N3. The third-order valence-corrected chi connectivity index (χ3v) is 3.52. The van der Waals surface area contributed by atoms with Crippen molar-refractivity contribution in [2.45, 2.75) is 52.2 Å². The van der Waals surface area contributed by atoms with Gasteiger partial charge in [0.1, 0.15) is 0 Å². The largest absolute Gasteiger partial charge is 0.311 e. The van der Waals surface area contributed by atoms with Crippen LogP contribution in [-0.2, 0) is 0 Å². The second kappa shape index (κ2) is 6.58. The molecule has 1 heterocycles. The van der Waals surface area contributed by atoms with E-state index < -0.39 is 0 Å². The van der Waals surface area contributed by atoms with Crippen molar-refractivity contribution in [3.05, 3.63) is 0 Å². The molecule has 1 atom stereocenters. The van der Waals surface area contributed by atoms with E-state index in [2.05, 4.69) is 49.9 Å². The number of rotatable bonds is 6. The minimum absolute atomic E-state index is 0.646. The molecule has 1 fully saturated rings. The first kappa shape index (κ1) is 13.9. The Hall–Kier alpha value is -0.120. The van der Waals surface area contributed by atoms with Gasteiger partial charge in [-0.25, -0.2) is 0 Å². The minimum atomic E-state index is 0.646. The summed E-state index contributed by atoms with van der Waals surface area (Å²) in [6, 6.07) is 2.01. The van der Waals surface area contributed by atoms with Gasteiger partial charge >= 0.3 is 0 Å². The number of hydrogen-bond acceptors (Lipinski definition) is 3. The highest BCUT2D eigenvalue weighted by Gasteiger charge is 2.19. The first-order valence-electron chi connectivity index (χ1n) is 6.68. The molecule has 1 unspecified atom stereocenters. The summed E-state index contributed by atoms with van der Waals surface area (Å²) in [7, 11) is 2.20. The Bertz CT molecular complexity index is 184. The maximum Gasteiger partial charge on any atom is 0.0207 e. The van der Waals surface area contributed by atoms with Crippen LogP contribution in [0, 0.1) is 0 Å². The van der Waals surface area contributed by atoms with Gasteiger partial charge in [0.15, 0.2) is 0 Å². The molecule has 3 heteroatoms. The summed E-state index contributed by atoms with van der Waals surface area (Å²) in [5.41, 5.74) is 0. The highest BCUT2D eigenvalue weighted by Crippen LogP contribution is 2.07. The fraction of sp³-hybridized carbons (Fsp3) is 1.00. The highest BCUT2D eigenvalue weighted by atomic mass is 15.2. The topological polar surface area (TPSA) is 18.5 Å². The van der Waals surface area contributed by atoms with Gasteiger partial charge in [0, 0.05) is 37.8 Å². The quantitative estimate of drug-likeness (QED) is 0.740. The summed E-state index contributed by atoms with van der Waals surface area (Å²) < 4.78 is 0. The molecule has 0 spiro atoms. The van der Waals surface area contributed by atoms with Gasteiger partial charge < -0.3 is 10.2 Å². The predicted molar refractivity (Wildman–Crippen MR) is 70.9 cm³/mol. The molecule has 0 bridgehead atoms. The van der Waals surface area contributed by atoms with E-state index in [-0.39, 0.29) is 0 Å². The molecule has 1 aliphatic heterocycles. The summed E-state index contributed by atoms with van der Waals surface area (Å²) in [5.74, 6) is 0. The van der Waals surface area contributed by atoms with Crippen LogP contribution in [0.1, 0.15) is 34.1 Å². The lowest BCUT2D eigenvalue weighted by atomic mass is 10.2.